The third-order valence-electron chi connectivity index (χ3n) is 6.80. The minimum Gasteiger partial charge on any atom is -0.423 e. The van der Waals surface area contributed by atoms with Crippen molar-refractivity contribution < 1.29 is 19.5 Å². The molecule has 2 aliphatic rings. The third-order valence-corrected chi connectivity index (χ3v) is 6.80. The Morgan fingerprint density at radius 3 is 2.58 bits per heavy atom. The van der Waals surface area contributed by atoms with E-state index in [1.54, 1.807) is 17.2 Å². The van der Waals surface area contributed by atoms with Gasteiger partial charge in [0.05, 0.1) is 12.9 Å². The number of anilines is 1. The van der Waals surface area contributed by atoms with Gasteiger partial charge in [-0.3, -0.25) is 0 Å². The first-order chi connectivity index (χ1) is 17.7. The molecule has 11 nitrogen and oxygen atoms in total. The molecule has 2 aromatic carbocycles. The van der Waals surface area contributed by atoms with Crippen molar-refractivity contribution in [1.82, 2.24) is 29.8 Å². The van der Waals surface area contributed by atoms with Gasteiger partial charge in [-0.15, -0.1) is 0 Å². The fourth-order valence-corrected chi connectivity index (χ4v) is 4.80. The lowest BCUT2D eigenvalue weighted by atomic mass is 10.1. The molecule has 4 atom stereocenters. The van der Waals surface area contributed by atoms with Crippen molar-refractivity contribution in [2.45, 2.75) is 30.8 Å². The number of ether oxygens (including phenoxy) is 3. The number of imidazole rings is 1. The molecule has 0 radical (unpaired) electrons. The van der Waals surface area contributed by atoms with Crippen LogP contribution in [0.25, 0.3) is 5.69 Å². The van der Waals surface area contributed by atoms with Crippen LogP contribution in [0.2, 0.25) is 0 Å². The van der Waals surface area contributed by atoms with E-state index in [9.17, 15) is 0 Å². The molecule has 0 aliphatic carbocycles. The van der Waals surface area contributed by atoms with E-state index in [0.29, 0.717) is 25.0 Å². The molecule has 2 fully saturated rings. The number of aromatic nitrogens is 6. The van der Waals surface area contributed by atoms with Gasteiger partial charge in [0.15, 0.2) is 0 Å². The topological polar surface area (TPSA) is 109 Å². The fraction of sp³-hybridized carbons (Fsp3) is 0.360. The molecule has 0 unspecified atom stereocenters. The molecule has 0 amide bonds. The highest BCUT2D eigenvalue weighted by atomic mass is 16.6. The maximum Gasteiger partial charge on any atom is 0.341 e. The molecule has 2 saturated heterocycles. The molecule has 11 heteroatoms. The summed E-state index contributed by atoms with van der Waals surface area (Å²) in [6.07, 6.45) is 5.23. The average molecular weight is 490 g/mol. The number of nitrogens with two attached hydrogens (primary N) is 1. The van der Waals surface area contributed by atoms with E-state index in [-0.39, 0.29) is 24.3 Å². The molecule has 0 saturated carbocycles. The van der Waals surface area contributed by atoms with E-state index in [0.717, 1.165) is 12.2 Å². The highest BCUT2D eigenvalue weighted by molar-refractivity contribution is 5.45. The van der Waals surface area contributed by atoms with Crippen LogP contribution in [0, 0.1) is 0 Å². The van der Waals surface area contributed by atoms with Crippen LogP contribution in [-0.4, -0.2) is 75.3 Å². The standard InChI is InChI=1S/C25H28N8O3/c1-31(2)18-5-3-17(4-6-18)13-27-21-14-34-24-22(15-35-23(21)24)33-25(28-29-30-33)36-20-9-7-19(8-10-20)32-12-11-26-16-32/h3-12,16,21-24,27H,13-15H2,1-2H3/p+1/t21-,22-,23+,24+/m0/s1. The van der Waals surface area contributed by atoms with Gasteiger partial charge in [-0.1, -0.05) is 17.2 Å². The molecule has 36 heavy (non-hydrogen) atoms. The zero-order valence-electron chi connectivity index (χ0n) is 20.2. The molecule has 0 spiro atoms. The van der Waals surface area contributed by atoms with Gasteiger partial charge >= 0.3 is 6.01 Å². The van der Waals surface area contributed by atoms with Crippen molar-refractivity contribution in [3.05, 3.63) is 72.8 Å². The summed E-state index contributed by atoms with van der Waals surface area (Å²) in [4.78, 5) is 6.18. The van der Waals surface area contributed by atoms with Gasteiger partial charge in [0.1, 0.15) is 43.2 Å². The van der Waals surface area contributed by atoms with Crippen LogP contribution in [0.15, 0.2) is 67.3 Å². The summed E-state index contributed by atoms with van der Waals surface area (Å²) in [5.74, 6) is 0.643. The van der Waals surface area contributed by atoms with Crippen molar-refractivity contribution in [1.29, 1.82) is 0 Å². The largest absolute Gasteiger partial charge is 0.423 e. The zero-order chi connectivity index (χ0) is 24.5. The predicted octanol–water partition coefficient (Wildman–Crippen LogP) is 1.19. The lowest BCUT2D eigenvalue weighted by molar-refractivity contribution is -0.707. The van der Waals surface area contributed by atoms with E-state index in [1.807, 2.05) is 49.1 Å². The summed E-state index contributed by atoms with van der Waals surface area (Å²) in [7, 11) is 4.09. The Morgan fingerprint density at radius 1 is 1.03 bits per heavy atom. The first-order valence-corrected chi connectivity index (χ1v) is 12.0. The van der Waals surface area contributed by atoms with E-state index in [4.69, 9.17) is 14.2 Å². The first-order valence-electron chi connectivity index (χ1n) is 12.0. The van der Waals surface area contributed by atoms with Crippen LogP contribution >= 0.6 is 0 Å². The quantitative estimate of drug-likeness (QED) is 0.393. The normalized spacial score (nSPS) is 23.1. The number of hydrogen-bond acceptors (Lipinski definition) is 8. The molecule has 0 bridgehead atoms. The Balaban J connectivity index is 1.09. The number of tetrazole rings is 1. The minimum absolute atomic E-state index is 0.0254. The highest BCUT2D eigenvalue weighted by Gasteiger charge is 2.51. The number of benzene rings is 2. The van der Waals surface area contributed by atoms with Crippen LogP contribution < -0.4 is 15.0 Å². The van der Waals surface area contributed by atoms with Gasteiger partial charge in [0.25, 0.3) is 0 Å². The Kier molecular flexibility index (Phi) is 6.09. The molecule has 2 aliphatic heterocycles. The van der Waals surface area contributed by atoms with Gasteiger partial charge in [-0.05, 0) is 46.8 Å². The van der Waals surface area contributed by atoms with Crippen LogP contribution in [-0.2, 0) is 16.0 Å². The summed E-state index contributed by atoms with van der Waals surface area (Å²) in [5.41, 5.74) is 3.45. The zero-order valence-corrected chi connectivity index (χ0v) is 20.2. The SMILES string of the molecule is CN(C)c1ccc(C[NH2+][C@H]2CO[C@H]3[C@@H]2OC[C@@H]3n2nnnc2Oc2ccc(-n3ccnc3)cc2)cc1. The van der Waals surface area contributed by atoms with Crippen LogP contribution in [0.5, 0.6) is 11.8 Å². The van der Waals surface area contributed by atoms with Crippen LogP contribution in [0.1, 0.15) is 11.6 Å². The van der Waals surface area contributed by atoms with Gasteiger partial charge in [0, 0.05) is 43.4 Å². The predicted molar refractivity (Wildman–Crippen MR) is 130 cm³/mol. The number of rotatable bonds is 8. The summed E-state index contributed by atoms with van der Waals surface area (Å²) in [5, 5.41) is 14.5. The summed E-state index contributed by atoms with van der Waals surface area (Å²) < 4.78 is 22.0. The Morgan fingerprint density at radius 2 is 1.83 bits per heavy atom. The molecule has 6 rings (SSSR count). The summed E-state index contributed by atoms with van der Waals surface area (Å²) >= 11 is 0. The lowest BCUT2D eigenvalue weighted by Crippen LogP contribution is -2.91. The van der Waals surface area contributed by atoms with Crippen molar-refractivity contribution in [3.8, 4) is 17.4 Å². The van der Waals surface area contributed by atoms with Crippen molar-refractivity contribution >= 4 is 5.69 Å². The van der Waals surface area contributed by atoms with Crippen molar-refractivity contribution in [2.24, 2.45) is 0 Å². The summed E-state index contributed by atoms with van der Waals surface area (Å²) in [6, 6.07) is 16.7. The second-order valence-electron chi connectivity index (χ2n) is 9.30. The van der Waals surface area contributed by atoms with E-state index in [1.165, 1.54) is 11.3 Å². The lowest BCUT2D eigenvalue weighted by Gasteiger charge is -2.17. The van der Waals surface area contributed by atoms with E-state index < -0.39 is 0 Å². The van der Waals surface area contributed by atoms with Crippen molar-refractivity contribution in [3.63, 3.8) is 0 Å². The Hall–Kier alpha value is -3.80. The maximum atomic E-state index is 6.18. The van der Waals surface area contributed by atoms with Gasteiger partial charge in [-0.25, -0.2) is 4.98 Å². The molecule has 4 heterocycles. The van der Waals surface area contributed by atoms with E-state index >= 15 is 0 Å². The van der Waals surface area contributed by atoms with Gasteiger partial charge in [0.2, 0.25) is 0 Å². The number of nitrogens with zero attached hydrogens (tertiary/aromatic N) is 7. The van der Waals surface area contributed by atoms with Crippen LogP contribution in [0.3, 0.4) is 0 Å². The van der Waals surface area contributed by atoms with Crippen LogP contribution in [0.4, 0.5) is 5.69 Å². The molecule has 2 aromatic heterocycles. The molecule has 2 N–H and O–H groups in total. The number of fused-ring (bicyclic) bond motifs is 1. The molecular formula is C25H29N8O3+. The second kappa shape index (κ2) is 9.69. The first kappa shape index (κ1) is 22.7. The minimum atomic E-state index is -0.150. The summed E-state index contributed by atoms with van der Waals surface area (Å²) in [6.45, 7) is 1.96. The maximum absolute atomic E-state index is 6.18. The Labute approximate surface area is 208 Å². The van der Waals surface area contributed by atoms with Gasteiger partial charge in [-0.2, -0.15) is 4.68 Å². The van der Waals surface area contributed by atoms with Gasteiger partial charge < -0.3 is 29.0 Å². The molecular weight excluding hydrogens is 460 g/mol. The third kappa shape index (κ3) is 4.43. The number of quaternary nitrogens is 1. The average Bonchev–Trinajstić information content (AvgIpc) is 3.69. The Bertz CT molecular complexity index is 1270. The van der Waals surface area contributed by atoms with E-state index in [2.05, 4.69) is 55.0 Å². The monoisotopic (exact) mass is 489 g/mol. The number of hydrogen-bond donors (Lipinski definition) is 1. The smallest absolute Gasteiger partial charge is 0.341 e. The fourth-order valence-electron chi connectivity index (χ4n) is 4.80. The molecule has 4 aromatic rings. The highest BCUT2D eigenvalue weighted by Crippen LogP contribution is 2.35. The second-order valence-corrected chi connectivity index (χ2v) is 9.30. The van der Waals surface area contributed by atoms with Crippen molar-refractivity contribution in [2.75, 3.05) is 32.2 Å². The molecule has 186 valence electrons.